The van der Waals surface area contributed by atoms with Gasteiger partial charge in [-0.3, -0.25) is 9.48 Å². The van der Waals surface area contributed by atoms with Crippen LogP contribution in [0.4, 0.5) is 5.69 Å². The molecule has 2 aromatic rings. The average Bonchev–Trinajstić information content (AvgIpc) is 2.95. The fourth-order valence-electron chi connectivity index (χ4n) is 2.89. The second kappa shape index (κ2) is 5.19. The highest BCUT2D eigenvalue weighted by Crippen LogP contribution is 2.32. The summed E-state index contributed by atoms with van der Waals surface area (Å²) < 4.78 is 1.85. The maximum absolute atomic E-state index is 11.5. The molecule has 0 radical (unpaired) electrons. The number of hydrogen-bond donors (Lipinski definition) is 0. The molecule has 0 amide bonds. The lowest BCUT2D eigenvalue weighted by Gasteiger charge is -2.19. The van der Waals surface area contributed by atoms with Crippen molar-refractivity contribution >= 4 is 23.1 Å². The van der Waals surface area contributed by atoms with Crippen LogP contribution in [-0.4, -0.2) is 22.1 Å². The third kappa shape index (κ3) is 2.44. The first-order valence-corrected chi connectivity index (χ1v) is 7.42. The molecule has 0 saturated carbocycles. The second-order valence-corrected chi connectivity index (χ2v) is 5.92. The van der Waals surface area contributed by atoms with Crippen molar-refractivity contribution in [3.05, 3.63) is 45.7 Å². The van der Waals surface area contributed by atoms with E-state index in [0.717, 1.165) is 41.5 Å². The topological polar surface area (TPSA) is 38.1 Å². The molecule has 21 heavy (non-hydrogen) atoms. The van der Waals surface area contributed by atoms with Crippen molar-refractivity contribution in [2.45, 2.75) is 26.8 Å². The Labute approximate surface area is 129 Å². The first kappa shape index (κ1) is 14.1. The molecule has 5 heteroatoms. The van der Waals surface area contributed by atoms with Gasteiger partial charge in [0.05, 0.1) is 23.0 Å². The van der Waals surface area contributed by atoms with Crippen LogP contribution < -0.4 is 4.90 Å². The van der Waals surface area contributed by atoms with Crippen molar-refractivity contribution in [3.8, 4) is 0 Å². The Morgan fingerprint density at radius 1 is 1.43 bits per heavy atom. The summed E-state index contributed by atoms with van der Waals surface area (Å²) in [6, 6.07) is 5.94. The summed E-state index contributed by atoms with van der Waals surface area (Å²) in [5, 5.41) is 5.10. The van der Waals surface area contributed by atoms with Gasteiger partial charge in [-0.05, 0) is 44.0 Å². The lowest BCUT2D eigenvalue weighted by Crippen LogP contribution is -2.21. The van der Waals surface area contributed by atoms with Crippen LogP contribution in [0.3, 0.4) is 0 Å². The molecule has 0 saturated heterocycles. The van der Waals surface area contributed by atoms with Gasteiger partial charge in [-0.2, -0.15) is 5.10 Å². The van der Waals surface area contributed by atoms with Crippen LogP contribution in [0.2, 0.25) is 5.02 Å². The quantitative estimate of drug-likeness (QED) is 0.818. The SMILES string of the molecule is CC(=O)c1ccc2c(c1)CCN2Cc1c(Cl)c(C)nn1C. The molecule has 3 rings (SSSR count). The van der Waals surface area contributed by atoms with E-state index in [1.54, 1.807) is 6.92 Å². The smallest absolute Gasteiger partial charge is 0.159 e. The van der Waals surface area contributed by atoms with Crippen LogP contribution in [0, 0.1) is 6.92 Å². The van der Waals surface area contributed by atoms with Crippen LogP contribution >= 0.6 is 11.6 Å². The molecule has 4 nitrogen and oxygen atoms in total. The molecule has 0 N–H and O–H groups in total. The second-order valence-electron chi connectivity index (χ2n) is 5.54. The predicted molar refractivity (Wildman–Crippen MR) is 84.2 cm³/mol. The number of ketones is 1. The van der Waals surface area contributed by atoms with Gasteiger partial charge in [0.1, 0.15) is 0 Å². The third-order valence-corrected chi connectivity index (χ3v) is 4.57. The van der Waals surface area contributed by atoms with E-state index in [0.29, 0.717) is 0 Å². The first-order chi connectivity index (χ1) is 9.97. The Balaban J connectivity index is 1.89. The van der Waals surface area contributed by atoms with E-state index < -0.39 is 0 Å². The summed E-state index contributed by atoms with van der Waals surface area (Å²) in [7, 11) is 1.92. The number of carbonyl (C=O) groups excluding carboxylic acids is 1. The van der Waals surface area contributed by atoms with Crippen molar-refractivity contribution in [2.24, 2.45) is 7.05 Å². The molecular formula is C16H18ClN3O. The highest BCUT2D eigenvalue weighted by Gasteiger charge is 2.22. The number of hydrogen-bond acceptors (Lipinski definition) is 3. The molecule has 0 bridgehead atoms. The van der Waals surface area contributed by atoms with Gasteiger partial charge < -0.3 is 4.90 Å². The fraction of sp³-hybridized carbons (Fsp3) is 0.375. The maximum Gasteiger partial charge on any atom is 0.159 e. The number of nitrogens with zero attached hydrogens (tertiary/aromatic N) is 3. The number of benzene rings is 1. The Morgan fingerprint density at radius 2 is 2.19 bits per heavy atom. The van der Waals surface area contributed by atoms with Crippen LogP contribution in [0.25, 0.3) is 0 Å². The zero-order valence-electron chi connectivity index (χ0n) is 12.5. The fourth-order valence-corrected chi connectivity index (χ4v) is 3.11. The average molecular weight is 304 g/mol. The van der Waals surface area contributed by atoms with Gasteiger partial charge in [-0.1, -0.05) is 11.6 Å². The number of halogens is 1. The Morgan fingerprint density at radius 3 is 2.81 bits per heavy atom. The van der Waals surface area contributed by atoms with Crippen molar-refractivity contribution < 1.29 is 4.79 Å². The van der Waals surface area contributed by atoms with Gasteiger partial charge in [-0.15, -0.1) is 0 Å². The zero-order chi connectivity index (χ0) is 15.1. The number of carbonyl (C=O) groups is 1. The highest BCUT2D eigenvalue weighted by molar-refractivity contribution is 6.31. The largest absolute Gasteiger partial charge is 0.365 e. The summed E-state index contributed by atoms with van der Waals surface area (Å²) in [4.78, 5) is 13.8. The maximum atomic E-state index is 11.5. The van der Waals surface area contributed by atoms with Crippen molar-refractivity contribution in [3.63, 3.8) is 0 Å². The standard InChI is InChI=1S/C16H18ClN3O/c1-10-16(17)15(19(3)18-10)9-20-7-6-13-8-12(11(2)21)4-5-14(13)20/h4-5,8H,6-7,9H2,1-3H3. The molecule has 1 aliphatic rings. The zero-order valence-corrected chi connectivity index (χ0v) is 13.2. The molecule has 0 fully saturated rings. The number of Topliss-reactive ketones (excluding diaryl/α,β-unsaturated/α-hetero) is 1. The molecule has 0 unspecified atom stereocenters. The van der Waals surface area contributed by atoms with Gasteiger partial charge in [-0.25, -0.2) is 0 Å². The summed E-state index contributed by atoms with van der Waals surface area (Å²) in [6.45, 7) is 5.20. The van der Waals surface area contributed by atoms with Crippen LogP contribution in [-0.2, 0) is 20.0 Å². The van der Waals surface area contributed by atoms with E-state index in [1.807, 2.05) is 36.9 Å². The van der Waals surface area contributed by atoms with Crippen molar-refractivity contribution in [1.82, 2.24) is 9.78 Å². The minimum absolute atomic E-state index is 0.113. The molecule has 0 aliphatic carbocycles. The molecule has 1 aromatic carbocycles. The van der Waals surface area contributed by atoms with Gasteiger partial charge in [0.2, 0.25) is 0 Å². The minimum atomic E-state index is 0.113. The molecule has 0 spiro atoms. The number of rotatable bonds is 3. The van der Waals surface area contributed by atoms with Gasteiger partial charge >= 0.3 is 0 Å². The van der Waals surface area contributed by atoms with Gasteiger partial charge in [0, 0.05) is 24.8 Å². The van der Waals surface area contributed by atoms with Crippen molar-refractivity contribution in [2.75, 3.05) is 11.4 Å². The van der Waals surface area contributed by atoms with E-state index in [2.05, 4.69) is 10.00 Å². The lowest BCUT2D eigenvalue weighted by atomic mass is 10.1. The summed E-state index contributed by atoms with van der Waals surface area (Å²) >= 11 is 6.33. The normalized spacial score (nSPS) is 13.6. The number of anilines is 1. The van der Waals surface area contributed by atoms with Gasteiger partial charge in [0.15, 0.2) is 5.78 Å². The summed E-state index contributed by atoms with van der Waals surface area (Å²) in [5.41, 5.74) is 5.09. The summed E-state index contributed by atoms with van der Waals surface area (Å²) in [5.74, 6) is 0.113. The molecule has 110 valence electrons. The summed E-state index contributed by atoms with van der Waals surface area (Å²) in [6.07, 6.45) is 0.963. The van der Waals surface area contributed by atoms with Crippen LogP contribution in [0.5, 0.6) is 0 Å². The molecular weight excluding hydrogens is 286 g/mol. The number of aromatic nitrogens is 2. The monoisotopic (exact) mass is 303 g/mol. The Kier molecular flexibility index (Phi) is 3.49. The van der Waals surface area contributed by atoms with E-state index in [4.69, 9.17) is 11.6 Å². The van der Waals surface area contributed by atoms with Gasteiger partial charge in [0.25, 0.3) is 0 Å². The molecule has 2 heterocycles. The van der Waals surface area contributed by atoms with E-state index in [1.165, 1.54) is 11.3 Å². The molecule has 1 aliphatic heterocycles. The molecule has 0 atom stereocenters. The third-order valence-electron chi connectivity index (χ3n) is 4.08. The van der Waals surface area contributed by atoms with E-state index in [-0.39, 0.29) is 5.78 Å². The Bertz CT molecular complexity index is 721. The van der Waals surface area contributed by atoms with Crippen LogP contribution in [0.15, 0.2) is 18.2 Å². The van der Waals surface area contributed by atoms with E-state index in [9.17, 15) is 4.79 Å². The molecule has 1 aromatic heterocycles. The first-order valence-electron chi connectivity index (χ1n) is 7.04. The number of aryl methyl sites for hydroxylation is 2. The lowest BCUT2D eigenvalue weighted by molar-refractivity contribution is 0.101. The Hall–Kier alpha value is -1.81. The predicted octanol–water partition coefficient (Wildman–Crippen LogP) is 3.15. The van der Waals surface area contributed by atoms with E-state index >= 15 is 0 Å². The number of fused-ring (bicyclic) bond motifs is 1. The van der Waals surface area contributed by atoms with Crippen LogP contribution in [0.1, 0.15) is 34.2 Å². The highest BCUT2D eigenvalue weighted by atomic mass is 35.5. The minimum Gasteiger partial charge on any atom is -0.365 e. The van der Waals surface area contributed by atoms with Crippen molar-refractivity contribution in [1.29, 1.82) is 0 Å².